The van der Waals surface area contributed by atoms with E-state index < -0.39 is 0 Å². The van der Waals surface area contributed by atoms with E-state index in [-0.39, 0.29) is 0 Å². The summed E-state index contributed by atoms with van der Waals surface area (Å²) >= 11 is 1.62. The van der Waals surface area contributed by atoms with Crippen LogP contribution in [0, 0.1) is 13.8 Å². The van der Waals surface area contributed by atoms with Crippen LogP contribution in [0.5, 0.6) is 0 Å². The second-order valence-electron chi connectivity index (χ2n) is 3.66. The molecule has 0 aromatic heterocycles. The zero-order chi connectivity index (χ0) is 12.1. The number of hydrogen-bond donors (Lipinski definition) is 1. The van der Waals surface area contributed by atoms with E-state index in [1.807, 2.05) is 6.08 Å². The van der Waals surface area contributed by atoms with Crippen molar-refractivity contribution < 1.29 is 0 Å². The SMILES string of the molecule is C=C/C=C(/Sc1ccc(C)cc1C)C(=C)N. The van der Waals surface area contributed by atoms with Gasteiger partial charge in [0.05, 0.1) is 0 Å². The van der Waals surface area contributed by atoms with E-state index in [0.29, 0.717) is 5.70 Å². The molecule has 0 aliphatic carbocycles. The van der Waals surface area contributed by atoms with Gasteiger partial charge in [-0.05, 0) is 31.6 Å². The summed E-state index contributed by atoms with van der Waals surface area (Å²) in [6, 6.07) is 6.36. The van der Waals surface area contributed by atoms with Crippen LogP contribution < -0.4 is 5.73 Å². The van der Waals surface area contributed by atoms with Crippen LogP contribution in [0.2, 0.25) is 0 Å². The lowest BCUT2D eigenvalue weighted by Crippen LogP contribution is -1.96. The maximum Gasteiger partial charge on any atom is 0.0382 e. The molecule has 0 fully saturated rings. The standard InChI is InChI=1S/C14H17NS/c1-5-6-14(12(4)15)16-13-8-7-10(2)9-11(13)3/h5-9H,1,4,15H2,2-3H3/b14-6+. The summed E-state index contributed by atoms with van der Waals surface area (Å²) in [5.41, 5.74) is 8.81. The largest absolute Gasteiger partial charge is 0.398 e. The zero-order valence-electron chi connectivity index (χ0n) is 9.79. The highest BCUT2D eigenvalue weighted by Gasteiger charge is 2.04. The average Bonchev–Trinajstić information content (AvgIpc) is 2.20. The molecule has 2 heteroatoms. The van der Waals surface area contributed by atoms with Crippen molar-refractivity contribution in [3.05, 3.63) is 65.2 Å². The first-order chi connectivity index (χ1) is 7.54. The predicted octanol–water partition coefficient (Wildman–Crippen LogP) is 3.94. The molecule has 1 nitrogen and oxygen atoms in total. The average molecular weight is 231 g/mol. The van der Waals surface area contributed by atoms with Crippen molar-refractivity contribution >= 4 is 11.8 Å². The number of allylic oxidation sites excluding steroid dienone is 2. The molecular weight excluding hydrogens is 214 g/mol. The van der Waals surface area contributed by atoms with Crippen LogP contribution in [0.15, 0.2) is 59.0 Å². The molecule has 2 N–H and O–H groups in total. The third-order valence-electron chi connectivity index (χ3n) is 2.14. The van der Waals surface area contributed by atoms with Crippen molar-refractivity contribution in [1.29, 1.82) is 0 Å². The van der Waals surface area contributed by atoms with Crippen molar-refractivity contribution in [3.63, 3.8) is 0 Å². The third kappa shape index (κ3) is 3.31. The van der Waals surface area contributed by atoms with Crippen molar-refractivity contribution in [3.8, 4) is 0 Å². The summed E-state index contributed by atoms with van der Waals surface area (Å²) in [5.74, 6) is 0. The van der Waals surface area contributed by atoms with Gasteiger partial charge in [-0.3, -0.25) is 0 Å². The third-order valence-corrected chi connectivity index (χ3v) is 3.43. The Labute approximate surface area is 102 Å². The first-order valence-electron chi connectivity index (χ1n) is 5.07. The number of hydrogen-bond acceptors (Lipinski definition) is 2. The Morgan fingerprint density at radius 2 is 2.06 bits per heavy atom. The van der Waals surface area contributed by atoms with Crippen molar-refractivity contribution in [2.45, 2.75) is 18.7 Å². The minimum Gasteiger partial charge on any atom is -0.398 e. The molecule has 0 atom stereocenters. The summed E-state index contributed by atoms with van der Waals surface area (Å²) < 4.78 is 0. The molecule has 0 spiro atoms. The van der Waals surface area contributed by atoms with Gasteiger partial charge in [-0.25, -0.2) is 0 Å². The molecule has 0 aliphatic heterocycles. The van der Waals surface area contributed by atoms with Gasteiger partial charge in [-0.2, -0.15) is 0 Å². The Morgan fingerprint density at radius 1 is 1.38 bits per heavy atom. The highest BCUT2D eigenvalue weighted by molar-refractivity contribution is 8.03. The van der Waals surface area contributed by atoms with Gasteiger partial charge in [0.25, 0.3) is 0 Å². The van der Waals surface area contributed by atoms with Gasteiger partial charge in [0, 0.05) is 15.5 Å². The molecule has 1 rings (SSSR count). The minimum absolute atomic E-state index is 0.574. The molecule has 1 aromatic carbocycles. The molecule has 0 bridgehead atoms. The van der Waals surface area contributed by atoms with Gasteiger partial charge in [0.15, 0.2) is 0 Å². The van der Waals surface area contributed by atoms with Gasteiger partial charge in [0.2, 0.25) is 0 Å². The monoisotopic (exact) mass is 231 g/mol. The van der Waals surface area contributed by atoms with E-state index in [2.05, 4.69) is 45.2 Å². The molecule has 0 aliphatic rings. The van der Waals surface area contributed by atoms with Crippen LogP contribution in [-0.4, -0.2) is 0 Å². The molecule has 0 saturated carbocycles. The molecule has 0 radical (unpaired) electrons. The topological polar surface area (TPSA) is 26.0 Å². The lowest BCUT2D eigenvalue weighted by atomic mass is 10.2. The van der Waals surface area contributed by atoms with Gasteiger partial charge >= 0.3 is 0 Å². The van der Waals surface area contributed by atoms with Crippen LogP contribution in [0.25, 0.3) is 0 Å². The minimum atomic E-state index is 0.574. The van der Waals surface area contributed by atoms with Crippen molar-refractivity contribution in [2.24, 2.45) is 5.73 Å². The smallest absolute Gasteiger partial charge is 0.0382 e. The molecule has 0 unspecified atom stereocenters. The van der Waals surface area contributed by atoms with Gasteiger partial charge < -0.3 is 5.73 Å². The zero-order valence-corrected chi connectivity index (χ0v) is 10.6. The van der Waals surface area contributed by atoms with Gasteiger partial charge in [0.1, 0.15) is 0 Å². The molecule has 0 saturated heterocycles. The second-order valence-corrected chi connectivity index (χ2v) is 4.75. The Hall–Kier alpha value is -1.41. The Kier molecular flexibility index (Phi) is 4.44. The number of benzene rings is 1. The summed E-state index contributed by atoms with van der Waals surface area (Å²) in [6.45, 7) is 11.6. The maximum atomic E-state index is 5.72. The van der Waals surface area contributed by atoms with Crippen molar-refractivity contribution in [2.75, 3.05) is 0 Å². The fourth-order valence-corrected chi connectivity index (χ4v) is 2.23. The first-order valence-corrected chi connectivity index (χ1v) is 5.89. The molecule has 0 amide bonds. The van der Waals surface area contributed by atoms with E-state index in [9.17, 15) is 0 Å². The van der Waals surface area contributed by atoms with Crippen LogP contribution in [0.3, 0.4) is 0 Å². The fraction of sp³-hybridized carbons (Fsp3) is 0.143. The predicted molar refractivity (Wildman–Crippen MR) is 73.4 cm³/mol. The fourth-order valence-electron chi connectivity index (χ4n) is 1.35. The Bertz CT molecular complexity index is 444. The highest BCUT2D eigenvalue weighted by Crippen LogP contribution is 2.32. The highest BCUT2D eigenvalue weighted by atomic mass is 32.2. The number of thioether (sulfide) groups is 1. The van der Waals surface area contributed by atoms with Crippen LogP contribution >= 0.6 is 11.8 Å². The van der Waals surface area contributed by atoms with E-state index in [0.717, 1.165) is 4.91 Å². The summed E-state index contributed by atoms with van der Waals surface area (Å²) in [5, 5.41) is 0. The first kappa shape index (κ1) is 12.7. The quantitative estimate of drug-likeness (QED) is 0.627. The lowest BCUT2D eigenvalue weighted by molar-refractivity contribution is 1.26. The normalized spacial score (nSPS) is 11.2. The lowest BCUT2D eigenvalue weighted by Gasteiger charge is -2.09. The van der Waals surface area contributed by atoms with Crippen molar-refractivity contribution in [1.82, 2.24) is 0 Å². The molecule has 16 heavy (non-hydrogen) atoms. The van der Waals surface area contributed by atoms with Gasteiger partial charge in [-0.15, -0.1) is 0 Å². The maximum absolute atomic E-state index is 5.72. The summed E-state index contributed by atoms with van der Waals surface area (Å²) in [6.07, 6.45) is 3.61. The van der Waals surface area contributed by atoms with E-state index in [4.69, 9.17) is 5.73 Å². The number of aryl methyl sites for hydroxylation is 2. The molecule has 1 aromatic rings. The molecular formula is C14H17NS. The van der Waals surface area contributed by atoms with Gasteiger partial charge in [-0.1, -0.05) is 48.7 Å². The molecule has 0 heterocycles. The number of nitrogens with two attached hydrogens (primary N) is 1. The molecule has 84 valence electrons. The summed E-state index contributed by atoms with van der Waals surface area (Å²) in [4.78, 5) is 2.15. The van der Waals surface area contributed by atoms with Crippen LogP contribution in [0.1, 0.15) is 11.1 Å². The summed E-state index contributed by atoms with van der Waals surface area (Å²) in [7, 11) is 0. The van der Waals surface area contributed by atoms with Crippen LogP contribution in [0.4, 0.5) is 0 Å². The van der Waals surface area contributed by atoms with Crippen LogP contribution in [-0.2, 0) is 0 Å². The second kappa shape index (κ2) is 5.61. The number of rotatable bonds is 4. The van der Waals surface area contributed by atoms with E-state index in [1.165, 1.54) is 16.0 Å². The Balaban J connectivity index is 2.98. The van der Waals surface area contributed by atoms with E-state index >= 15 is 0 Å². The van der Waals surface area contributed by atoms with E-state index in [1.54, 1.807) is 17.8 Å². The Morgan fingerprint density at radius 3 is 2.56 bits per heavy atom.